The first-order valence-corrected chi connectivity index (χ1v) is 6.19. The van der Waals surface area contributed by atoms with Crippen molar-refractivity contribution in [3.8, 4) is 11.5 Å². The highest BCUT2D eigenvalue weighted by atomic mass is 79.9. The zero-order chi connectivity index (χ0) is 12.8. The van der Waals surface area contributed by atoms with Gasteiger partial charge in [-0.2, -0.15) is 0 Å². The van der Waals surface area contributed by atoms with Crippen LogP contribution in [0.15, 0.2) is 29.3 Å². The number of halogens is 1. The van der Waals surface area contributed by atoms with Crippen LogP contribution in [0.1, 0.15) is 18.5 Å². The molecule has 0 aromatic heterocycles. The van der Waals surface area contributed by atoms with E-state index < -0.39 is 0 Å². The molecule has 1 aromatic rings. The van der Waals surface area contributed by atoms with Crippen molar-refractivity contribution < 1.29 is 9.47 Å². The second kappa shape index (κ2) is 6.67. The first-order chi connectivity index (χ1) is 8.08. The molecule has 1 aromatic carbocycles. The molecule has 0 fully saturated rings. The minimum Gasteiger partial charge on any atom is -0.493 e. The van der Waals surface area contributed by atoms with Crippen molar-refractivity contribution in [2.45, 2.75) is 13.0 Å². The van der Waals surface area contributed by atoms with Gasteiger partial charge in [0.1, 0.15) is 6.61 Å². The summed E-state index contributed by atoms with van der Waals surface area (Å²) in [6.45, 7) is 6.25. The molecule has 4 heteroatoms. The van der Waals surface area contributed by atoms with Crippen molar-refractivity contribution >= 4 is 15.9 Å². The van der Waals surface area contributed by atoms with Gasteiger partial charge in [-0.15, -0.1) is 0 Å². The molecule has 0 saturated heterocycles. The van der Waals surface area contributed by atoms with Crippen molar-refractivity contribution in [3.05, 3.63) is 34.8 Å². The molecule has 0 bridgehead atoms. The molecule has 1 unspecified atom stereocenters. The molecule has 0 radical (unpaired) electrons. The third kappa shape index (κ3) is 4.06. The summed E-state index contributed by atoms with van der Waals surface area (Å²) in [7, 11) is 3.56. The Morgan fingerprint density at radius 1 is 1.47 bits per heavy atom. The number of benzene rings is 1. The summed E-state index contributed by atoms with van der Waals surface area (Å²) in [6.07, 6.45) is 0. The van der Waals surface area contributed by atoms with Crippen LogP contribution in [0, 0.1) is 0 Å². The Morgan fingerprint density at radius 2 is 2.18 bits per heavy atom. The largest absolute Gasteiger partial charge is 0.493 e. The van der Waals surface area contributed by atoms with E-state index >= 15 is 0 Å². The number of hydrogen-bond acceptors (Lipinski definition) is 3. The minimum atomic E-state index is 0.282. The van der Waals surface area contributed by atoms with Gasteiger partial charge >= 0.3 is 0 Å². The lowest BCUT2D eigenvalue weighted by atomic mass is 10.1. The summed E-state index contributed by atoms with van der Waals surface area (Å²) >= 11 is 3.26. The highest BCUT2D eigenvalue weighted by Gasteiger charge is 2.09. The Labute approximate surface area is 111 Å². The van der Waals surface area contributed by atoms with E-state index in [0.717, 1.165) is 21.5 Å². The number of nitrogens with one attached hydrogen (secondary N) is 1. The maximum Gasteiger partial charge on any atom is 0.161 e. The molecule has 0 amide bonds. The van der Waals surface area contributed by atoms with E-state index in [1.807, 2.05) is 25.2 Å². The molecule has 0 heterocycles. The third-order valence-electron chi connectivity index (χ3n) is 2.50. The van der Waals surface area contributed by atoms with E-state index in [1.165, 1.54) is 0 Å². The quantitative estimate of drug-likeness (QED) is 0.874. The molecule has 0 aliphatic heterocycles. The van der Waals surface area contributed by atoms with Crippen LogP contribution < -0.4 is 14.8 Å². The number of methoxy groups -OCH3 is 1. The Balaban J connectivity index is 2.89. The molecule has 17 heavy (non-hydrogen) atoms. The highest BCUT2D eigenvalue weighted by molar-refractivity contribution is 9.11. The maximum atomic E-state index is 5.57. The maximum absolute atomic E-state index is 5.57. The summed E-state index contributed by atoms with van der Waals surface area (Å²) < 4.78 is 11.7. The molecule has 94 valence electrons. The SMILES string of the molecule is C=C(Br)COc1ccc(C(C)NC)cc1OC. The van der Waals surface area contributed by atoms with Crippen LogP contribution in [0.3, 0.4) is 0 Å². The normalized spacial score (nSPS) is 12.0. The molecular weight excluding hydrogens is 282 g/mol. The van der Waals surface area contributed by atoms with E-state index in [-0.39, 0.29) is 6.04 Å². The van der Waals surface area contributed by atoms with Gasteiger partial charge in [-0.1, -0.05) is 28.6 Å². The van der Waals surface area contributed by atoms with Gasteiger partial charge in [-0.3, -0.25) is 0 Å². The molecule has 1 N–H and O–H groups in total. The predicted octanol–water partition coefficient (Wildman–Crippen LogP) is 3.26. The Hall–Kier alpha value is -1.00. The standard InChI is InChI=1S/C13H18BrNO2/c1-9(14)8-17-12-6-5-11(10(2)15-3)7-13(12)16-4/h5-7,10,15H,1,8H2,2-4H3. The molecule has 3 nitrogen and oxygen atoms in total. The van der Waals surface area contributed by atoms with Gasteiger partial charge in [0.2, 0.25) is 0 Å². The lowest BCUT2D eigenvalue weighted by molar-refractivity contribution is 0.324. The zero-order valence-corrected chi connectivity index (χ0v) is 12.0. The number of ether oxygens (including phenoxy) is 2. The minimum absolute atomic E-state index is 0.282. The van der Waals surface area contributed by atoms with Gasteiger partial charge in [0.15, 0.2) is 11.5 Å². The van der Waals surface area contributed by atoms with Crippen molar-refractivity contribution in [1.29, 1.82) is 0 Å². The van der Waals surface area contributed by atoms with Gasteiger partial charge in [0.05, 0.1) is 7.11 Å². The fraction of sp³-hybridized carbons (Fsp3) is 0.385. The molecule has 1 rings (SSSR count). The van der Waals surface area contributed by atoms with Crippen LogP contribution in [0.5, 0.6) is 11.5 Å². The van der Waals surface area contributed by atoms with E-state index in [0.29, 0.717) is 6.61 Å². The Morgan fingerprint density at radius 3 is 2.71 bits per heavy atom. The van der Waals surface area contributed by atoms with Crippen molar-refractivity contribution in [2.75, 3.05) is 20.8 Å². The van der Waals surface area contributed by atoms with Gasteiger partial charge in [0, 0.05) is 10.5 Å². The summed E-state index contributed by atoms with van der Waals surface area (Å²) in [5.74, 6) is 1.46. The average molecular weight is 300 g/mol. The van der Waals surface area contributed by atoms with Crippen LogP contribution in [0.25, 0.3) is 0 Å². The number of hydrogen-bond donors (Lipinski definition) is 1. The summed E-state index contributed by atoms with van der Waals surface area (Å²) in [6, 6.07) is 6.20. The van der Waals surface area contributed by atoms with E-state index in [1.54, 1.807) is 7.11 Å². The second-order valence-corrected chi connectivity index (χ2v) is 4.85. The molecular formula is C13H18BrNO2. The van der Waals surface area contributed by atoms with E-state index in [4.69, 9.17) is 9.47 Å². The first-order valence-electron chi connectivity index (χ1n) is 5.39. The fourth-order valence-electron chi connectivity index (χ4n) is 1.40. The number of rotatable bonds is 6. The monoisotopic (exact) mass is 299 g/mol. The Kier molecular flexibility index (Phi) is 5.51. The zero-order valence-electron chi connectivity index (χ0n) is 10.4. The van der Waals surface area contributed by atoms with Crippen molar-refractivity contribution in [3.63, 3.8) is 0 Å². The second-order valence-electron chi connectivity index (χ2n) is 3.73. The molecule has 0 aliphatic carbocycles. The molecule has 0 aliphatic rings. The lowest BCUT2D eigenvalue weighted by Gasteiger charge is -2.15. The summed E-state index contributed by atoms with van der Waals surface area (Å²) in [4.78, 5) is 0. The van der Waals surface area contributed by atoms with Crippen LogP contribution in [0.4, 0.5) is 0 Å². The Bertz CT molecular complexity index is 393. The van der Waals surface area contributed by atoms with Crippen LogP contribution >= 0.6 is 15.9 Å². The van der Waals surface area contributed by atoms with E-state index in [9.17, 15) is 0 Å². The van der Waals surface area contributed by atoms with Gasteiger partial charge < -0.3 is 14.8 Å². The smallest absolute Gasteiger partial charge is 0.161 e. The molecule has 1 atom stereocenters. The van der Waals surface area contributed by atoms with Crippen LogP contribution in [0.2, 0.25) is 0 Å². The van der Waals surface area contributed by atoms with Crippen molar-refractivity contribution in [2.24, 2.45) is 0 Å². The lowest BCUT2D eigenvalue weighted by Crippen LogP contribution is -2.12. The van der Waals surface area contributed by atoms with Gasteiger partial charge in [-0.05, 0) is 31.7 Å². The topological polar surface area (TPSA) is 30.5 Å². The van der Waals surface area contributed by atoms with Crippen molar-refractivity contribution in [1.82, 2.24) is 5.32 Å². The highest BCUT2D eigenvalue weighted by Crippen LogP contribution is 2.30. The van der Waals surface area contributed by atoms with Gasteiger partial charge in [0.25, 0.3) is 0 Å². The fourth-order valence-corrected chi connectivity index (χ4v) is 1.51. The molecule has 0 spiro atoms. The van der Waals surface area contributed by atoms with Crippen LogP contribution in [-0.4, -0.2) is 20.8 Å². The average Bonchev–Trinajstić information content (AvgIpc) is 2.34. The molecule has 0 saturated carbocycles. The van der Waals surface area contributed by atoms with E-state index in [2.05, 4.69) is 34.7 Å². The van der Waals surface area contributed by atoms with Crippen LogP contribution in [-0.2, 0) is 0 Å². The van der Waals surface area contributed by atoms with Gasteiger partial charge in [-0.25, -0.2) is 0 Å². The summed E-state index contributed by atoms with van der Waals surface area (Å²) in [5.41, 5.74) is 1.16. The summed E-state index contributed by atoms with van der Waals surface area (Å²) in [5, 5.41) is 3.18. The predicted molar refractivity (Wildman–Crippen MR) is 74.0 cm³/mol. The third-order valence-corrected chi connectivity index (χ3v) is 2.73. The first kappa shape index (κ1) is 14.1.